The first kappa shape index (κ1) is 32.1. The van der Waals surface area contributed by atoms with E-state index in [0.717, 1.165) is 97.6 Å². The molecule has 1 aromatic carbocycles. The van der Waals surface area contributed by atoms with Crippen molar-refractivity contribution >= 4 is 28.5 Å². The van der Waals surface area contributed by atoms with Crippen LogP contribution in [0.25, 0.3) is 22.3 Å². The lowest BCUT2D eigenvalue weighted by Gasteiger charge is -2.25. The van der Waals surface area contributed by atoms with E-state index in [4.69, 9.17) is 15.0 Å². The molecule has 1 aliphatic heterocycles. The highest BCUT2D eigenvalue weighted by molar-refractivity contribution is 5.92. The van der Waals surface area contributed by atoms with Crippen LogP contribution in [-0.4, -0.2) is 77.9 Å². The summed E-state index contributed by atoms with van der Waals surface area (Å²) in [4.78, 5) is 33.5. The van der Waals surface area contributed by atoms with E-state index in [-0.39, 0.29) is 0 Å². The lowest BCUT2D eigenvalue weighted by molar-refractivity contribution is -0.138. The number of carboxylic acids is 1. The average molecular weight is 634 g/mol. The van der Waals surface area contributed by atoms with Gasteiger partial charge < -0.3 is 20.6 Å². The summed E-state index contributed by atoms with van der Waals surface area (Å²) in [7, 11) is 0. The van der Waals surface area contributed by atoms with E-state index >= 15 is 0 Å². The third kappa shape index (κ3) is 8.28. The Bertz CT molecular complexity index is 1810. The highest BCUT2D eigenvalue weighted by Crippen LogP contribution is 2.26. The SMILES string of the molecule is Cc1cc(C)n(CCN(CCCCc2ccc3c(n2)NCCC3)CC[C@H](Nc2nc(-c3cccnc3)nc3ccccc23)C(=O)O)n1. The Labute approximate surface area is 275 Å². The van der Waals surface area contributed by atoms with Crippen LogP contribution in [0.4, 0.5) is 11.6 Å². The molecule has 47 heavy (non-hydrogen) atoms. The van der Waals surface area contributed by atoms with E-state index in [2.05, 4.69) is 50.7 Å². The predicted octanol–water partition coefficient (Wildman–Crippen LogP) is 5.54. The molecule has 11 nitrogen and oxygen atoms in total. The quantitative estimate of drug-likeness (QED) is 0.126. The zero-order chi connectivity index (χ0) is 32.6. The molecule has 0 spiro atoms. The van der Waals surface area contributed by atoms with Gasteiger partial charge in [0.2, 0.25) is 0 Å². The molecule has 1 atom stereocenters. The van der Waals surface area contributed by atoms with Crippen LogP contribution in [0.5, 0.6) is 0 Å². The Morgan fingerprint density at radius 1 is 1.04 bits per heavy atom. The van der Waals surface area contributed by atoms with E-state index < -0.39 is 12.0 Å². The van der Waals surface area contributed by atoms with E-state index in [9.17, 15) is 9.90 Å². The van der Waals surface area contributed by atoms with Crippen LogP contribution in [0.3, 0.4) is 0 Å². The Hall–Kier alpha value is -4.90. The van der Waals surface area contributed by atoms with Crippen molar-refractivity contribution in [3.63, 3.8) is 0 Å². The number of aliphatic carboxylic acids is 1. The van der Waals surface area contributed by atoms with E-state index in [1.54, 1.807) is 12.4 Å². The summed E-state index contributed by atoms with van der Waals surface area (Å²) >= 11 is 0. The lowest BCUT2D eigenvalue weighted by Crippen LogP contribution is -2.37. The van der Waals surface area contributed by atoms with E-state index in [1.807, 2.05) is 48.0 Å². The summed E-state index contributed by atoms with van der Waals surface area (Å²) in [5, 5.41) is 22.4. The molecule has 0 unspecified atom stereocenters. The van der Waals surface area contributed by atoms with Gasteiger partial charge in [0.25, 0.3) is 0 Å². The molecule has 0 radical (unpaired) electrons. The fourth-order valence-corrected chi connectivity index (χ4v) is 6.17. The van der Waals surface area contributed by atoms with E-state index in [1.165, 1.54) is 5.56 Å². The second-order valence-corrected chi connectivity index (χ2v) is 12.3. The fourth-order valence-electron chi connectivity index (χ4n) is 6.17. The van der Waals surface area contributed by atoms with Gasteiger partial charge in [-0.05, 0) is 101 Å². The molecule has 3 N–H and O–H groups in total. The zero-order valence-corrected chi connectivity index (χ0v) is 27.2. The summed E-state index contributed by atoms with van der Waals surface area (Å²) in [5.41, 5.74) is 6.05. The predicted molar refractivity (Wildman–Crippen MR) is 185 cm³/mol. The monoisotopic (exact) mass is 633 g/mol. The number of anilines is 2. The van der Waals surface area contributed by atoms with Crippen molar-refractivity contribution in [1.29, 1.82) is 0 Å². The molecule has 244 valence electrons. The summed E-state index contributed by atoms with van der Waals surface area (Å²) in [5.74, 6) is 1.12. The van der Waals surface area contributed by atoms with Crippen molar-refractivity contribution in [3.05, 3.63) is 89.6 Å². The highest BCUT2D eigenvalue weighted by Gasteiger charge is 2.22. The van der Waals surface area contributed by atoms with Gasteiger partial charge in [0.05, 0.1) is 17.8 Å². The summed E-state index contributed by atoms with van der Waals surface area (Å²) in [6, 6.07) is 17.0. The van der Waals surface area contributed by atoms with Gasteiger partial charge in [-0.25, -0.2) is 19.7 Å². The number of rotatable bonds is 15. The molecule has 1 aliphatic rings. The number of nitrogens with zero attached hydrogens (tertiary/aromatic N) is 7. The van der Waals surface area contributed by atoms with Crippen LogP contribution in [0, 0.1) is 13.8 Å². The number of pyridine rings is 2. The minimum Gasteiger partial charge on any atom is -0.480 e. The normalized spacial score (nSPS) is 13.3. The highest BCUT2D eigenvalue weighted by atomic mass is 16.4. The Balaban J connectivity index is 1.13. The minimum atomic E-state index is -0.916. The maximum absolute atomic E-state index is 12.6. The molecular formula is C36H43N9O2. The maximum Gasteiger partial charge on any atom is 0.326 e. The molecule has 0 saturated carbocycles. The number of nitrogens with one attached hydrogen (secondary N) is 2. The number of carbonyl (C=O) groups is 1. The summed E-state index contributed by atoms with van der Waals surface area (Å²) in [6.07, 6.45) is 8.97. The molecule has 0 fully saturated rings. The molecule has 11 heteroatoms. The number of benzene rings is 1. The maximum atomic E-state index is 12.6. The molecule has 6 rings (SSSR count). The van der Waals surface area contributed by atoms with Crippen LogP contribution >= 0.6 is 0 Å². The van der Waals surface area contributed by atoms with Crippen LogP contribution < -0.4 is 10.6 Å². The minimum absolute atomic E-state index is 0.408. The number of aryl methyl sites for hydroxylation is 4. The number of fused-ring (bicyclic) bond motifs is 2. The van der Waals surface area contributed by atoms with Crippen molar-refractivity contribution in [3.8, 4) is 11.4 Å². The van der Waals surface area contributed by atoms with Crippen molar-refractivity contribution < 1.29 is 9.90 Å². The molecule has 0 amide bonds. The number of hydrogen-bond acceptors (Lipinski definition) is 9. The van der Waals surface area contributed by atoms with Gasteiger partial charge in [-0.2, -0.15) is 5.10 Å². The van der Waals surface area contributed by atoms with Crippen LogP contribution in [0.1, 0.15) is 48.3 Å². The third-order valence-corrected chi connectivity index (χ3v) is 8.71. The number of para-hydroxylation sites is 1. The summed E-state index contributed by atoms with van der Waals surface area (Å²) < 4.78 is 2.03. The van der Waals surface area contributed by atoms with Crippen LogP contribution in [-0.2, 0) is 24.2 Å². The van der Waals surface area contributed by atoms with Gasteiger partial charge in [0.15, 0.2) is 5.82 Å². The number of aromatic nitrogens is 6. The summed E-state index contributed by atoms with van der Waals surface area (Å²) in [6.45, 7) is 8.05. The van der Waals surface area contributed by atoms with Crippen molar-refractivity contribution in [2.45, 2.75) is 65.0 Å². The smallest absolute Gasteiger partial charge is 0.326 e. The second-order valence-electron chi connectivity index (χ2n) is 12.3. The first-order valence-corrected chi connectivity index (χ1v) is 16.6. The zero-order valence-electron chi connectivity index (χ0n) is 27.2. The molecular weight excluding hydrogens is 590 g/mol. The van der Waals surface area contributed by atoms with Crippen molar-refractivity contribution in [1.82, 2.24) is 34.6 Å². The Morgan fingerprint density at radius 3 is 2.74 bits per heavy atom. The van der Waals surface area contributed by atoms with Gasteiger partial charge in [-0.15, -0.1) is 0 Å². The van der Waals surface area contributed by atoms with Gasteiger partial charge >= 0.3 is 5.97 Å². The second kappa shape index (κ2) is 15.1. The molecule has 0 aliphatic carbocycles. The molecule has 5 aromatic rings. The Kier molecular flexibility index (Phi) is 10.3. The van der Waals surface area contributed by atoms with Gasteiger partial charge in [0, 0.05) is 54.4 Å². The number of unbranched alkanes of at least 4 members (excludes halogenated alkanes) is 1. The Morgan fingerprint density at radius 2 is 1.94 bits per heavy atom. The first-order valence-electron chi connectivity index (χ1n) is 16.6. The molecule has 4 aromatic heterocycles. The standard InChI is InChI=1S/C36H43N9O2/c1-25-23-26(2)45(43-25)22-21-44(19-6-5-11-29-15-14-27-9-8-18-38-33(27)39-29)20-16-32(36(46)47)41-35-30-12-3-4-13-31(30)40-34(42-35)28-10-7-17-37-24-28/h3-4,7,10,12-15,17,23-24,32H,5-6,8-9,11,16,18-22H2,1-2H3,(H,38,39)(H,46,47)(H,40,41,42)/t32-/m0/s1. The van der Waals surface area contributed by atoms with Crippen LogP contribution in [0.15, 0.2) is 67.0 Å². The number of carboxylic acid groups (broad SMARTS) is 1. The van der Waals surface area contributed by atoms with Gasteiger partial charge in [0.1, 0.15) is 17.7 Å². The largest absolute Gasteiger partial charge is 0.480 e. The fraction of sp³-hybridized carbons (Fsp3) is 0.389. The topological polar surface area (TPSA) is 134 Å². The van der Waals surface area contributed by atoms with Gasteiger partial charge in [-0.3, -0.25) is 9.67 Å². The average Bonchev–Trinajstić information content (AvgIpc) is 3.42. The lowest BCUT2D eigenvalue weighted by atomic mass is 10.1. The van der Waals surface area contributed by atoms with E-state index in [0.29, 0.717) is 24.6 Å². The van der Waals surface area contributed by atoms with Gasteiger partial charge in [-0.1, -0.05) is 18.2 Å². The third-order valence-electron chi connectivity index (χ3n) is 8.71. The molecule has 0 saturated heterocycles. The van der Waals surface area contributed by atoms with Crippen molar-refractivity contribution in [2.24, 2.45) is 0 Å². The number of hydrogen-bond donors (Lipinski definition) is 3. The molecule has 0 bridgehead atoms. The first-order chi connectivity index (χ1) is 22.9. The molecule has 5 heterocycles. The van der Waals surface area contributed by atoms with Crippen molar-refractivity contribution in [2.75, 3.05) is 36.8 Å². The van der Waals surface area contributed by atoms with Crippen LogP contribution in [0.2, 0.25) is 0 Å².